The fourth-order valence-electron chi connectivity index (χ4n) is 9.31. The van der Waals surface area contributed by atoms with Crippen molar-refractivity contribution in [2.75, 3.05) is 4.90 Å². The zero-order valence-corrected chi connectivity index (χ0v) is 32.0. The van der Waals surface area contributed by atoms with Gasteiger partial charge in [-0.1, -0.05) is 166 Å². The van der Waals surface area contributed by atoms with Crippen LogP contribution in [0.4, 0.5) is 17.1 Å². The van der Waals surface area contributed by atoms with E-state index in [-0.39, 0.29) is 5.41 Å². The Morgan fingerprint density at radius 3 is 1.54 bits per heavy atom. The summed E-state index contributed by atoms with van der Waals surface area (Å²) in [7, 11) is 0. The smallest absolute Gasteiger partial charge is 0.0541 e. The first-order valence-corrected chi connectivity index (χ1v) is 19.8. The minimum Gasteiger partial charge on any atom is -0.310 e. The Labute approximate surface area is 333 Å². The second kappa shape index (κ2) is 13.0. The van der Waals surface area contributed by atoms with Crippen LogP contribution in [0.1, 0.15) is 25.0 Å². The third-order valence-electron chi connectivity index (χ3n) is 12.2. The average molecular weight is 729 g/mol. The quantitative estimate of drug-likeness (QED) is 0.165. The van der Waals surface area contributed by atoms with Gasteiger partial charge in [0.1, 0.15) is 0 Å². The van der Waals surface area contributed by atoms with Crippen LogP contribution in [0.25, 0.3) is 71.6 Å². The van der Waals surface area contributed by atoms with Crippen molar-refractivity contribution in [3.8, 4) is 39.1 Å². The number of para-hydroxylation sites is 2. The lowest BCUT2D eigenvalue weighted by molar-refractivity contribution is 0.660. The minimum absolute atomic E-state index is 0.213. The zero-order valence-electron chi connectivity index (χ0n) is 32.0. The second-order valence-electron chi connectivity index (χ2n) is 15.8. The fraction of sp³-hybridized carbons (Fsp3) is 0.0545. The first kappa shape index (κ1) is 33.2. The van der Waals surface area contributed by atoms with E-state index < -0.39 is 0 Å². The Hall–Kier alpha value is -7.16. The normalized spacial score (nSPS) is 12.9. The molecule has 1 heterocycles. The standard InChI is InChI=1S/C55H40N2/c1-55(2)50-35-43(31-33-46(50)47-34-32-44(36-51(47)55)57-53-20-10-8-18-48(53)49-19-9-11-21-54(49)57)56(52-22-12-16-41-15-6-7-17-45(41)52)42-29-27-40(28-30-42)39-25-23-38(24-26-39)37-13-4-3-5-14-37/h3-36H,1-2H3. The lowest BCUT2D eigenvalue weighted by atomic mass is 9.82. The Kier molecular flexibility index (Phi) is 7.55. The molecular weight excluding hydrogens is 689 g/mol. The van der Waals surface area contributed by atoms with Gasteiger partial charge in [0.05, 0.1) is 16.7 Å². The SMILES string of the molecule is CC1(C)c2cc(N(c3ccc(-c4ccc(-c5ccccc5)cc4)cc3)c3cccc4ccccc34)ccc2-c2ccc(-n3c4ccccc4c4ccccc43)cc21. The third kappa shape index (κ3) is 5.33. The summed E-state index contributed by atoms with van der Waals surface area (Å²) >= 11 is 0. The molecule has 0 radical (unpaired) electrons. The Balaban J connectivity index is 1.01. The third-order valence-corrected chi connectivity index (χ3v) is 12.2. The topological polar surface area (TPSA) is 8.17 Å². The van der Waals surface area contributed by atoms with Gasteiger partial charge in [0.15, 0.2) is 0 Å². The highest BCUT2D eigenvalue weighted by molar-refractivity contribution is 6.09. The van der Waals surface area contributed by atoms with E-state index in [1.165, 1.54) is 82.8 Å². The number of anilines is 3. The Morgan fingerprint density at radius 1 is 0.386 bits per heavy atom. The van der Waals surface area contributed by atoms with Gasteiger partial charge in [-0.05, 0) is 104 Å². The average Bonchev–Trinajstić information content (AvgIpc) is 3.72. The van der Waals surface area contributed by atoms with E-state index in [0.717, 1.165) is 17.1 Å². The van der Waals surface area contributed by atoms with E-state index in [2.05, 4.69) is 230 Å². The number of hydrogen-bond acceptors (Lipinski definition) is 1. The van der Waals surface area contributed by atoms with E-state index in [4.69, 9.17) is 0 Å². The first-order valence-electron chi connectivity index (χ1n) is 19.8. The van der Waals surface area contributed by atoms with Crippen LogP contribution in [0.3, 0.4) is 0 Å². The molecule has 9 aromatic carbocycles. The number of aromatic nitrogens is 1. The van der Waals surface area contributed by atoms with Crippen LogP contribution in [-0.4, -0.2) is 4.57 Å². The molecule has 0 fully saturated rings. The Bertz CT molecular complexity index is 3070. The van der Waals surface area contributed by atoms with Crippen molar-refractivity contribution in [2.24, 2.45) is 0 Å². The molecular formula is C55H40N2. The summed E-state index contributed by atoms with van der Waals surface area (Å²) in [5.74, 6) is 0. The highest BCUT2D eigenvalue weighted by Crippen LogP contribution is 2.52. The van der Waals surface area contributed by atoms with E-state index >= 15 is 0 Å². The largest absolute Gasteiger partial charge is 0.310 e. The maximum Gasteiger partial charge on any atom is 0.0541 e. The molecule has 10 aromatic rings. The van der Waals surface area contributed by atoms with Crippen molar-refractivity contribution in [3.63, 3.8) is 0 Å². The van der Waals surface area contributed by atoms with Gasteiger partial charge in [-0.2, -0.15) is 0 Å². The number of fused-ring (bicyclic) bond motifs is 7. The van der Waals surface area contributed by atoms with Gasteiger partial charge in [-0.25, -0.2) is 0 Å². The molecule has 1 aliphatic carbocycles. The van der Waals surface area contributed by atoms with Crippen molar-refractivity contribution in [1.82, 2.24) is 4.57 Å². The lowest BCUT2D eigenvalue weighted by Gasteiger charge is -2.29. The van der Waals surface area contributed by atoms with Gasteiger partial charge in [0, 0.05) is 38.6 Å². The summed E-state index contributed by atoms with van der Waals surface area (Å²) in [6, 6.07) is 75.6. The van der Waals surface area contributed by atoms with Gasteiger partial charge in [-0.15, -0.1) is 0 Å². The van der Waals surface area contributed by atoms with E-state index in [1.54, 1.807) is 0 Å². The molecule has 1 aliphatic rings. The molecule has 0 aliphatic heterocycles. The second-order valence-corrected chi connectivity index (χ2v) is 15.8. The predicted molar refractivity (Wildman–Crippen MR) is 241 cm³/mol. The molecule has 0 N–H and O–H groups in total. The number of rotatable bonds is 6. The van der Waals surface area contributed by atoms with Crippen LogP contribution < -0.4 is 4.90 Å². The van der Waals surface area contributed by atoms with Crippen molar-refractivity contribution >= 4 is 49.6 Å². The van der Waals surface area contributed by atoms with E-state index in [9.17, 15) is 0 Å². The molecule has 2 heteroatoms. The molecule has 1 aromatic heterocycles. The molecule has 0 atom stereocenters. The van der Waals surface area contributed by atoms with Crippen LogP contribution in [0.5, 0.6) is 0 Å². The van der Waals surface area contributed by atoms with Crippen molar-refractivity contribution < 1.29 is 0 Å². The summed E-state index contributed by atoms with van der Waals surface area (Å²) in [6.07, 6.45) is 0. The van der Waals surface area contributed by atoms with Gasteiger partial charge in [0.2, 0.25) is 0 Å². The zero-order chi connectivity index (χ0) is 38.1. The summed E-state index contributed by atoms with van der Waals surface area (Å²) < 4.78 is 2.43. The number of benzene rings is 9. The van der Waals surface area contributed by atoms with Crippen molar-refractivity contribution in [2.45, 2.75) is 19.3 Å². The fourth-order valence-corrected chi connectivity index (χ4v) is 9.31. The molecule has 57 heavy (non-hydrogen) atoms. The summed E-state index contributed by atoms with van der Waals surface area (Å²) in [4.78, 5) is 2.44. The summed E-state index contributed by atoms with van der Waals surface area (Å²) in [5.41, 5.74) is 17.0. The van der Waals surface area contributed by atoms with Crippen LogP contribution >= 0.6 is 0 Å². The maximum atomic E-state index is 2.44. The molecule has 0 bridgehead atoms. The van der Waals surface area contributed by atoms with Crippen LogP contribution in [0.15, 0.2) is 206 Å². The van der Waals surface area contributed by atoms with Gasteiger partial charge >= 0.3 is 0 Å². The highest BCUT2D eigenvalue weighted by atomic mass is 15.1. The summed E-state index contributed by atoms with van der Waals surface area (Å²) in [5, 5.41) is 5.01. The Morgan fingerprint density at radius 2 is 0.877 bits per heavy atom. The molecule has 2 nitrogen and oxygen atoms in total. The number of nitrogens with zero attached hydrogens (tertiary/aromatic N) is 2. The molecule has 0 saturated heterocycles. The maximum absolute atomic E-state index is 2.44. The van der Waals surface area contributed by atoms with Crippen LogP contribution in [0, 0.1) is 0 Å². The first-order chi connectivity index (χ1) is 28.0. The highest BCUT2D eigenvalue weighted by Gasteiger charge is 2.36. The van der Waals surface area contributed by atoms with Crippen molar-refractivity contribution in [1.29, 1.82) is 0 Å². The van der Waals surface area contributed by atoms with Crippen LogP contribution in [0.2, 0.25) is 0 Å². The lowest BCUT2D eigenvalue weighted by Crippen LogP contribution is -2.17. The van der Waals surface area contributed by atoms with Crippen LogP contribution in [-0.2, 0) is 5.41 Å². The predicted octanol–water partition coefficient (Wildman–Crippen LogP) is 15.0. The molecule has 0 spiro atoms. The minimum atomic E-state index is -0.213. The van der Waals surface area contributed by atoms with Crippen molar-refractivity contribution in [3.05, 3.63) is 217 Å². The van der Waals surface area contributed by atoms with E-state index in [0.29, 0.717) is 0 Å². The van der Waals surface area contributed by atoms with Gasteiger partial charge < -0.3 is 9.47 Å². The monoisotopic (exact) mass is 728 g/mol. The van der Waals surface area contributed by atoms with Gasteiger partial charge in [-0.3, -0.25) is 0 Å². The molecule has 0 saturated carbocycles. The van der Waals surface area contributed by atoms with E-state index in [1.807, 2.05) is 0 Å². The van der Waals surface area contributed by atoms with Gasteiger partial charge in [0.25, 0.3) is 0 Å². The molecule has 0 amide bonds. The number of hydrogen-bond donors (Lipinski definition) is 0. The summed E-state index contributed by atoms with van der Waals surface area (Å²) in [6.45, 7) is 4.77. The molecule has 0 unspecified atom stereocenters. The molecule has 270 valence electrons. The molecule has 11 rings (SSSR count).